The summed E-state index contributed by atoms with van der Waals surface area (Å²) in [5, 5.41) is 3.39. The van der Waals surface area contributed by atoms with Crippen LogP contribution in [0.2, 0.25) is 0 Å². The molecule has 1 aliphatic rings. The number of imidazole rings is 1. The third kappa shape index (κ3) is 1.82. The van der Waals surface area contributed by atoms with Gasteiger partial charge >= 0.3 is 0 Å². The van der Waals surface area contributed by atoms with Crippen molar-refractivity contribution in [2.75, 3.05) is 11.9 Å². The molecule has 0 spiro atoms. The molecule has 3 nitrogen and oxygen atoms in total. The molecule has 0 saturated carbocycles. The van der Waals surface area contributed by atoms with Crippen molar-refractivity contribution in [1.82, 2.24) is 9.55 Å². The first-order chi connectivity index (χ1) is 8.38. The minimum absolute atomic E-state index is 1.03. The van der Waals surface area contributed by atoms with Gasteiger partial charge in [-0.05, 0) is 36.6 Å². The van der Waals surface area contributed by atoms with Crippen molar-refractivity contribution in [2.45, 2.75) is 26.3 Å². The van der Waals surface area contributed by atoms with Crippen molar-refractivity contribution in [3.63, 3.8) is 0 Å². The lowest BCUT2D eigenvalue weighted by atomic mass is 10.1. The van der Waals surface area contributed by atoms with Gasteiger partial charge in [0.15, 0.2) is 0 Å². The molecule has 0 amide bonds. The number of anilines is 1. The summed E-state index contributed by atoms with van der Waals surface area (Å²) in [6, 6.07) is 6.60. The fourth-order valence-electron chi connectivity index (χ4n) is 2.43. The maximum atomic E-state index is 4.47. The molecule has 17 heavy (non-hydrogen) atoms. The Hall–Kier alpha value is -1.77. The quantitative estimate of drug-likeness (QED) is 0.873. The summed E-state index contributed by atoms with van der Waals surface area (Å²) in [4.78, 5) is 4.47. The summed E-state index contributed by atoms with van der Waals surface area (Å²) in [5.41, 5.74) is 3.92. The number of hydrogen-bond acceptors (Lipinski definition) is 2. The van der Waals surface area contributed by atoms with E-state index < -0.39 is 0 Å². The molecule has 0 saturated heterocycles. The van der Waals surface area contributed by atoms with Crippen molar-refractivity contribution >= 4 is 5.69 Å². The van der Waals surface area contributed by atoms with Crippen LogP contribution in [0, 0.1) is 0 Å². The van der Waals surface area contributed by atoms with Crippen LogP contribution in [0.3, 0.4) is 0 Å². The van der Waals surface area contributed by atoms with E-state index in [4.69, 9.17) is 0 Å². The van der Waals surface area contributed by atoms with E-state index in [1.807, 2.05) is 6.20 Å². The first-order valence-electron chi connectivity index (χ1n) is 6.27. The molecular formula is C14H17N3. The Morgan fingerprint density at radius 3 is 3.24 bits per heavy atom. The maximum absolute atomic E-state index is 4.47. The van der Waals surface area contributed by atoms with Crippen LogP contribution in [0.1, 0.15) is 18.9 Å². The summed E-state index contributed by atoms with van der Waals surface area (Å²) < 4.78 is 2.23. The van der Waals surface area contributed by atoms with Crippen LogP contribution in [-0.2, 0) is 13.0 Å². The van der Waals surface area contributed by atoms with Crippen molar-refractivity contribution < 1.29 is 0 Å². The largest absolute Gasteiger partial charge is 0.384 e. The van der Waals surface area contributed by atoms with Crippen LogP contribution in [0.4, 0.5) is 5.69 Å². The van der Waals surface area contributed by atoms with Gasteiger partial charge < -0.3 is 9.88 Å². The highest BCUT2D eigenvalue weighted by Crippen LogP contribution is 2.27. The van der Waals surface area contributed by atoms with Crippen LogP contribution in [0.25, 0.3) is 11.4 Å². The Balaban J connectivity index is 2.00. The summed E-state index contributed by atoms with van der Waals surface area (Å²) in [5.74, 6) is 1.08. The summed E-state index contributed by atoms with van der Waals surface area (Å²) >= 11 is 0. The standard InChI is InChI=1S/C14H17N3/c1-2-8-17-9-7-16-14(17)12-3-4-13-11(10-12)5-6-15-13/h3-4,7,9-10,15H,2,5-6,8H2,1H3. The highest BCUT2D eigenvalue weighted by Gasteiger charge is 2.12. The van der Waals surface area contributed by atoms with Gasteiger partial charge in [0.1, 0.15) is 5.82 Å². The van der Waals surface area contributed by atoms with Crippen molar-refractivity contribution in [3.05, 3.63) is 36.2 Å². The van der Waals surface area contributed by atoms with Gasteiger partial charge in [0, 0.05) is 36.7 Å². The van der Waals surface area contributed by atoms with Crippen LogP contribution in [0.5, 0.6) is 0 Å². The molecule has 3 heteroatoms. The lowest BCUT2D eigenvalue weighted by Gasteiger charge is -2.08. The molecule has 0 radical (unpaired) electrons. The number of nitrogens with one attached hydrogen (secondary N) is 1. The first-order valence-corrected chi connectivity index (χ1v) is 6.27. The van der Waals surface area contributed by atoms with Crippen molar-refractivity contribution in [2.24, 2.45) is 0 Å². The zero-order valence-electron chi connectivity index (χ0n) is 10.1. The van der Waals surface area contributed by atoms with E-state index in [0.717, 1.165) is 31.8 Å². The smallest absolute Gasteiger partial charge is 0.139 e. The van der Waals surface area contributed by atoms with Gasteiger partial charge in [-0.1, -0.05) is 6.92 Å². The molecule has 1 aliphatic heterocycles. The Kier molecular flexibility index (Phi) is 2.59. The van der Waals surface area contributed by atoms with Crippen molar-refractivity contribution in [3.8, 4) is 11.4 Å². The molecule has 1 N–H and O–H groups in total. The minimum Gasteiger partial charge on any atom is -0.384 e. The number of fused-ring (bicyclic) bond motifs is 1. The van der Waals surface area contributed by atoms with Gasteiger partial charge in [-0.15, -0.1) is 0 Å². The highest BCUT2D eigenvalue weighted by atomic mass is 15.1. The zero-order chi connectivity index (χ0) is 11.7. The predicted octanol–water partition coefficient (Wildman–Crippen LogP) is 2.93. The second-order valence-electron chi connectivity index (χ2n) is 4.49. The molecule has 2 heterocycles. The molecule has 0 aliphatic carbocycles. The lowest BCUT2D eigenvalue weighted by molar-refractivity contribution is 0.685. The molecular weight excluding hydrogens is 210 g/mol. The van der Waals surface area contributed by atoms with Gasteiger partial charge in [-0.3, -0.25) is 0 Å². The molecule has 1 aromatic heterocycles. The van der Waals surface area contributed by atoms with Gasteiger partial charge in [-0.2, -0.15) is 0 Å². The topological polar surface area (TPSA) is 29.9 Å². The molecule has 0 fully saturated rings. The molecule has 0 bridgehead atoms. The highest BCUT2D eigenvalue weighted by molar-refractivity contribution is 5.66. The third-order valence-corrected chi connectivity index (χ3v) is 3.25. The Labute approximate surface area is 101 Å². The van der Waals surface area contributed by atoms with E-state index in [2.05, 4.69) is 46.2 Å². The van der Waals surface area contributed by atoms with E-state index >= 15 is 0 Å². The first kappa shape index (κ1) is 10.4. The van der Waals surface area contributed by atoms with Gasteiger partial charge in [-0.25, -0.2) is 4.98 Å². The fraction of sp³-hybridized carbons (Fsp3) is 0.357. The number of nitrogens with zero attached hydrogens (tertiary/aromatic N) is 2. The van der Waals surface area contributed by atoms with Crippen LogP contribution < -0.4 is 5.32 Å². The van der Waals surface area contributed by atoms with Gasteiger partial charge in [0.2, 0.25) is 0 Å². The molecule has 0 atom stereocenters. The van der Waals surface area contributed by atoms with E-state index in [1.54, 1.807) is 0 Å². The maximum Gasteiger partial charge on any atom is 0.139 e. The molecule has 2 aromatic rings. The van der Waals surface area contributed by atoms with E-state index in [1.165, 1.54) is 16.8 Å². The Bertz CT molecular complexity index is 528. The molecule has 3 rings (SSSR count). The summed E-state index contributed by atoms with van der Waals surface area (Å²) in [6.45, 7) is 4.28. The average molecular weight is 227 g/mol. The second-order valence-corrected chi connectivity index (χ2v) is 4.49. The van der Waals surface area contributed by atoms with Gasteiger partial charge in [0.25, 0.3) is 0 Å². The number of aromatic nitrogens is 2. The number of hydrogen-bond donors (Lipinski definition) is 1. The Morgan fingerprint density at radius 2 is 2.35 bits per heavy atom. The van der Waals surface area contributed by atoms with Crippen LogP contribution >= 0.6 is 0 Å². The second kappa shape index (κ2) is 4.24. The number of benzene rings is 1. The third-order valence-electron chi connectivity index (χ3n) is 3.25. The van der Waals surface area contributed by atoms with E-state index in [0.29, 0.717) is 0 Å². The van der Waals surface area contributed by atoms with Crippen LogP contribution in [-0.4, -0.2) is 16.1 Å². The fourth-order valence-corrected chi connectivity index (χ4v) is 2.43. The lowest BCUT2D eigenvalue weighted by Crippen LogP contribution is -1.98. The Morgan fingerprint density at radius 1 is 1.41 bits per heavy atom. The van der Waals surface area contributed by atoms with Crippen LogP contribution in [0.15, 0.2) is 30.6 Å². The van der Waals surface area contributed by atoms with Crippen molar-refractivity contribution in [1.29, 1.82) is 0 Å². The molecule has 88 valence electrons. The number of rotatable bonds is 3. The minimum atomic E-state index is 1.03. The SMILES string of the molecule is CCCn1ccnc1-c1ccc2c(c1)CCN2. The summed E-state index contributed by atoms with van der Waals surface area (Å²) in [7, 11) is 0. The average Bonchev–Trinajstić information content (AvgIpc) is 2.96. The number of aryl methyl sites for hydroxylation is 1. The predicted molar refractivity (Wildman–Crippen MR) is 70.1 cm³/mol. The normalized spacial score (nSPS) is 13.5. The zero-order valence-corrected chi connectivity index (χ0v) is 10.1. The summed E-state index contributed by atoms with van der Waals surface area (Å²) in [6.07, 6.45) is 6.20. The molecule has 1 aromatic carbocycles. The monoisotopic (exact) mass is 227 g/mol. The van der Waals surface area contributed by atoms with E-state index in [-0.39, 0.29) is 0 Å². The molecule has 0 unspecified atom stereocenters. The van der Waals surface area contributed by atoms with E-state index in [9.17, 15) is 0 Å². The van der Waals surface area contributed by atoms with Gasteiger partial charge in [0.05, 0.1) is 0 Å².